The van der Waals surface area contributed by atoms with Crippen molar-refractivity contribution in [2.45, 2.75) is 6.92 Å². The van der Waals surface area contributed by atoms with Gasteiger partial charge in [-0.2, -0.15) is 13.1 Å². The number of nitrogens with one attached hydrogen (secondary N) is 2. The number of rotatable bonds is 4. The van der Waals surface area contributed by atoms with Gasteiger partial charge < -0.3 is 5.73 Å². The summed E-state index contributed by atoms with van der Waals surface area (Å²) >= 11 is 5.91. The molecule has 0 fully saturated rings. The average Bonchev–Trinajstić information content (AvgIpc) is 2.29. The average molecular weight is 288 g/mol. The van der Waals surface area contributed by atoms with E-state index in [-0.39, 0.29) is 12.2 Å². The van der Waals surface area contributed by atoms with Crippen LogP contribution >= 0.6 is 11.6 Å². The minimum Gasteiger partial charge on any atom is -0.320 e. The fourth-order valence-electron chi connectivity index (χ4n) is 1.21. The van der Waals surface area contributed by atoms with Crippen molar-refractivity contribution in [2.75, 3.05) is 17.8 Å². The first-order valence-corrected chi connectivity index (χ1v) is 7.10. The number of nitrogens with two attached hydrogens (primary N) is 1. The van der Waals surface area contributed by atoms with Crippen molar-refractivity contribution in [3.05, 3.63) is 28.8 Å². The first-order valence-electron chi connectivity index (χ1n) is 5.24. The van der Waals surface area contributed by atoms with Gasteiger partial charge in [-0.3, -0.25) is 4.72 Å². The molecule has 0 aliphatic rings. The molecule has 7 heteroatoms. The zero-order chi connectivity index (χ0) is 13.6. The SMILES string of the molecule is CCNS(=O)(=O)Nc1cc(C#CCN)ccc1Cl. The molecule has 0 aromatic heterocycles. The van der Waals surface area contributed by atoms with Crippen LogP contribution in [0.5, 0.6) is 0 Å². The molecule has 4 N–H and O–H groups in total. The van der Waals surface area contributed by atoms with Crippen LogP contribution in [0.15, 0.2) is 18.2 Å². The summed E-state index contributed by atoms with van der Waals surface area (Å²) in [4.78, 5) is 0. The van der Waals surface area contributed by atoms with E-state index in [2.05, 4.69) is 21.3 Å². The van der Waals surface area contributed by atoms with Gasteiger partial charge in [-0.1, -0.05) is 30.4 Å². The van der Waals surface area contributed by atoms with Crippen LogP contribution < -0.4 is 15.2 Å². The summed E-state index contributed by atoms with van der Waals surface area (Å²) in [5.74, 6) is 5.48. The van der Waals surface area contributed by atoms with Gasteiger partial charge in [-0.15, -0.1) is 0 Å². The van der Waals surface area contributed by atoms with Crippen molar-refractivity contribution in [1.29, 1.82) is 0 Å². The van der Waals surface area contributed by atoms with Crippen molar-refractivity contribution >= 4 is 27.5 Å². The van der Waals surface area contributed by atoms with E-state index in [4.69, 9.17) is 17.3 Å². The van der Waals surface area contributed by atoms with Gasteiger partial charge in [0.2, 0.25) is 0 Å². The van der Waals surface area contributed by atoms with E-state index in [1.54, 1.807) is 25.1 Å². The fourth-order valence-corrected chi connectivity index (χ4v) is 2.34. The van der Waals surface area contributed by atoms with Gasteiger partial charge in [0, 0.05) is 12.1 Å². The Bertz CT molecular complexity index is 576. The molecule has 18 heavy (non-hydrogen) atoms. The van der Waals surface area contributed by atoms with Crippen LogP contribution in [-0.4, -0.2) is 21.5 Å². The zero-order valence-corrected chi connectivity index (χ0v) is 11.4. The Hall–Kier alpha value is -1.26. The van der Waals surface area contributed by atoms with Crippen LogP contribution in [0.2, 0.25) is 5.02 Å². The summed E-state index contributed by atoms with van der Waals surface area (Å²) in [7, 11) is -3.60. The monoisotopic (exact) mass is 287 g/mol. The molecule has 1 rings (SSSR count). The minimum atomic E-state index is -3.60. The largest absolute Gasteiger partial charge is 0.320 e. The lowest BCUT2D eigenvalue weighted by Crippen LogP contribution is -2.29. The maximum absolute atomic E-state index is 11.5. The molecule has 1 aromatic carbocycles. The maximum Gasteiger partial charge on any atom is 0.299 e. The van der Waals surface area contributed by atoms with Gasteiger partial charge in [-0.05, 0) is 18.2 Å². The van der Waals surface area contributed by atoms with Gasteiger partial charge in [-0.25, -0.2) is 0 Å². The number of anilines is 1. The predicted octanol–water partition coefficient (Wildman–Crippen LogP) is 0.916. The summed E-state index contributed by atoms with van der Waals surface area (Å²) in [6.07, 6.45) is 0. The number of benzene rings is 1. The third kappa shape index (κ3) is 4.55. The topological polar surface area (TPSA) is 84.2 Å². The van der Waals surface area contributed by atoms with Crippen LogP contribution in [0, 0.1) is 11.8 Å². The molecule has 0 bridgehead atoms. The van der Waals surface area contributed by atoms with Gasteiger partial charge in [0.1, 0.15) is 0 Å². The summed E-state index contributed by atoms with van der Waals surface area (Å²) in [5.41, 5.74) is 6.18. The standard InChI is InChI=1S/C11H14ClN3O2S/c1-2-14-18(16,17)15-11-8-9(4-3-7-13)5-6-10(11)12/h5-6,8,14-15H,2,7,13H2,1H3. The summed E-state index contributed by atoms with van der Waals surface area (Å²) in [6.45, 7) is 2.21. The molecule has 98 valence electrons. The summed E-state index contributed by atoms with van der Waals surface area (Å²) in [5, 5.41) is 0.301. The van der Waals surface area contributed by atoms with Crippen LogP contribution in [0.3, 0.4) is 0 Å². The van der Waals surface area contributed by atoms with E-state index in [0.717, 1.165) is 0 Å². The van der Waals surface area contributed by atoms with Gasteiger partial charge >= 0.3 is 0 Å². The Labute approximate surface area is 112 Å². The van der Waals surface area contributed by atoms with E-state index in [1.165, 1.54) is 0 Å². The molecule has 0 unspecified atom stereocenters. The lowest BCUT2D eigenvalue weighted by atomic mass is 10.2. The van der Waals surface area contributed by atoms with E-state index >= 15 is 0 Å². The van der Waals surface area contributed by atoms with E-state index in [0.29, 0.717) is 17.1 Å². The first-order chi connectivity index (χ1) is 8.48. The predicted molar refractivity (Wildman–Crippen MR) is 73.6 cm³/mol. The highest BCUT2D eigenvalue weighted by Gasteiger charge is 2.10. The van der Waals surface area contributed by atoms with Crippen LogP contribution in [0.4, 0.5) is 5.69 Å². The molecule has 1 aromatic rings. The third-order valence-corrected chi connectivity index (χ3v) is 3.37. The third-order valence-electron chi connectivity index (χ3n) is 1.88. The van der Waals surface area contributed by atoms with Gasteiger partial charge in [0.15, 0.2) is 0 Å². The molecule has 0 heterocycles. The van der Waals surface area contributed by atoms with E-state index in [9.17, 15) is 8.42 Å². The van der Waals surface area contributed by atoms with Crippen molar-refractivity contribution in [3.8, 4) is 11.8 Å². The van der Waals surface area contributed by atoms with Crippen molar-refractivity contribution in [1.82, 2.24) is 4.72 Å². The highest BCUT2D eigenvalue weighted by atomic mass is 35.5. The molecule has 0 aliphatic heterocycles. The molecular weight excluding hydrogens is 274 g/mol. The molecule has 0 saturated heterocycles. The lowest BCUT2D eigenvalue weighted by Gasteiger charge is -2.09. The van der Waals surface area contributed by atoms with E-state index in [1.807, 2.05) is 0 Å². The zero-order valence-electron chi connectivity index (χ0n) is 9.83. The fraction of sp³-hybridized carbons (Fsp3) is 0.273. The normalized spacial score (nSPS) is 10.6. The second-order valence-corrected chi connectivity index (χ2v) is 5.21. The Balaban J connectivity index is 3.01. The Morgan fingerprint density at radius 3 is 2.78 bits per heavy atom. The second kappa shape index (κ2) is 6.61. The van der Waals surface area contributed by atoms with E-state index < -0.39 is 10.2 Å². The minimum absolute atomic E-state index is 0.237. The molecule has 0 spiro atoms. The molecule has 0 amide bonds. The molecule has 0 saturated carbocycles. The quantitative estimate of drug-likeness (QED) is 0.720. The van der Waals surface area contributed by atoms with Crippen molar-refractivity contribution < 1.29 is 8.42 Å². The molecule has 0 atom stereocenters. The molecule has 0 aliphatic carbocycles. The van der Waals surface area contributed by atoms with Crippen LogP contribution in [0.25, 0.3) is 0 Å². The Morgan fingerprint density at radius 1 is 1.44 bits per heavy atom. The molecule has 5 nitrogen and oxygen atoms in total. The summed E-state index contributed by atoms with van der Waals surface area (Å²) in [6, 6.07) is 4.82. The molecular formula is C11H14ClN3O2S. The number of hydrogen-bond acceptors (Lipinski definition) is 3. The van der Waals surface area contributed by atoms with Crippen molar-refractivity contribution in [3.63, 3.8) is 0 Å². The highest BCUT2D eigenvalue weighted by molar-refractivity contribution is 7.90. The first kappa shape index (κ1) is 14.8. The van der Waals surface area contributed by atoms with Crippen LogP contribution in [0.1, 0.15) is 12.5 Å². The maximum atomic E-state index is 11.5. The summed E-state index contributed by atoms with van der Waals surface area (Å²) < 4.78 is 27.7. The van der Waals surface area contributed by atoms with Gasteiger partial charge in [0.05, 0.1) is 17.3 Å². The van der Waals surface area contributed by atoms with Crippen LogP contribution in [-0.2, 0) is 10.2 Å². The Morgan fingerprint density at radius 2 is 2.17 bits per heavy atom. The number of halogens is 1. The number of hydrogen-bond donors (Lipinski definition) is 3. The smallest absolute Gasteiger partial charge is 0.299 e. The van der Waals surface area contributed by atoms with Crippen molar-refractivity contribution in [2.24, 2.45) is 5.73 Å². The second-order valence-electron chi connectivity index (χ2n) is 3.30. The van der Waals surface area contributed by atoms with Gasteiger partial charge in [0.25, 0.3) is 10.2 Å². The lowest BCUT2D eigenvalue weighted by molar-refractivity contribution is 0.589. The Kier molecular flexibility index (Phi) is 5.44. The highest BCUT2D eigenvalue weighted by Crippen LogP contribution is 2.23. The molecule has 0 radical (unpaired) electrons.